The van der Waals surface area contributed by atoms with Crippen LogP contribution in [0.25, 0.3) is 0 Å². The van der Waals surface area contributed by atoms with E-state index < -0.39 is 28.5 Å². The zero-order valence-electron chi connectivity index (χ0n) is 14.4. The van der Waals surface area contributed by atoms with Crippen LogP contribution >= 0.6 is 11.6 Å². The van der Waals surface area contributed by atoms with E-state index in [-0.39, 0.29) is 28.4 Å². The summed E-state index contributed by atoms with van der Waals surface area (Å²) in [4.78, 5) is 29.6. The first-order valence-electron chi connectivity index (χ1n) is 7.25. The molecule has 0 bridgehead atoms. The van der Waals surface area contributed by atoms with Crippen LogP contribution in [0.5, 0.6) is 0 Å². The number of nitriles is 1. The molecule has 0 fully saturated rings. The summed E-state index contributed by atoms with van der Waals surface area (Å²) in [6.45, 7) is -0.364. The van der Waals surface area contributed by atoms with Crippen LogP contribution in [0, 0.1) is 11.3 Å². The Morgan fingerprint density at radius 3 is 2.54 bits per heavy atom. The van der Waals surface area contributed by atoms with Gasteiger partial charge in [0.2, 0.25) is 0 Å². The maximum absolute atomic E-state index is 12.2. The maximum atomic E-state index is 12.2. The van der Waals surface area contributed by atoms with Gasteiger partial charge < -0.3 is 9.64 Å². The predicted octanol–water partition coefficient (Wildman–Crippen LogP) is 1.05. The quantitative estimate of drug-likeness (QED) is 0.470. The Labute approximate surface area is 156 Å². The number of hydrogen-bond donors (Lipinski definition) is 0. The number of amides is 1. The van der Waals surface area contributed by atoms with E-state index in [1.54, 1.807) is 0 Å². The molecule has 9 nitrogen and oxygen atoms in total. The number of carbonyl (C=O) groups excluding carboxylic acids is 2. The van der Waals surface area contributed by atoms with E-state index in [9.17, 15) is 18.0 Å². The van der Waals surface area contributed by atoms with E-state index in [0.29, 0.717) is 4.47 Å². The number of halogens is 1. The Bertz CT molecular complexity index is 821. The van der Waals surface area contributed by atoms with Gasteiger partial charge in [-0.15, -0.1) is 0 Å². The Hall–Kier alpha value is -2.19. The topological polar surface area (TPSA) is 117 Å². The van der Waals surface area contributed by atoms with Crippen molar-refractivity contribution in [1.29, 1.82) is 5.26 Å². The van der Waals surface area contributed by atoms with Crippen molar-refractivity contribution >= 4 is 33.5 Å². The minimum atomic E-state index is -3.98. The zero-order valence-corrected chi connectivity index (χ0v) is 16.0. The summed E-state index contributed by atoms with van der Waals surface area (Å²) >= 11 is 5.93. The lowest BCUT2D eigenvalue weighted by Crippen LogP contribution is -2.32. The van der Waals surface area contributed by atoms with E-state index in [1.165, 1.54) is 38.2 Å². The van der Waals surface area contributed by atoms with Gasteiger partial charge in [-0.2, -0.15) is 5.26 Å². The van der Waals surface area contributed by atoms with Gasteiger partial charge in [-0.3, -0.25) is 9.63 Å². The van der Waals surface area contributed by atoms with Gasteiger partial charge in [0.25, 0.3) is 15.9 Å². The fourth-order valence-corrected chi connectivity index (χ4v) is 2.92. The number of benzene rings is 1. The van der Waals surface area contributed by atoms with Crippen LogP contribution in [0.4, 0.5) is 0 Å². The van der Waals surface area contributed by atoms with Crippen LogP contribution in [0.2, 0.25) is 5.02 Å². The van der Waals surface area contributed by atoms with E-state index in [4.69, 9.17) is 21.6 Å². The third-order valence-corrected chi connectivity index (χ3v) is 5.37. The van der Waals surface area contributed by atoms with Crippen molar-refractivity contribution in [3.8, 4) is 6.07 Å². The summed E-state index contributed by atoms with van der Waals surface area (Å²) in [6.07, 6.45) is 0.148. The van der Waals surface area contributed by atoms with Crippen molar-refractivity contribution < 1.29 is 27.6 Å². The van der Waals surface area contributed by atoms with Gasteiger partial charge in [0.15, 0.2) is 6.61 Å². The van der Waals surface area contributed by atoms with Crippen LogP contribution in [-0.2, 0) is 24.4 Å². The molecule has 26 heavy (non-hydrogen) atoms. The number of hydrogen-bond acceptors (Lipinski definition) is 7. The lowest BCUT2D eigenvalue weighted by molar-refractivity contribution is -0.133. The lowest BCUT2D eigenvalue weighted by atomic mass is 10.2. The number of sulfonamides is 1. The Kier molecular flexibility index (Phi) is 7.98. The molecule has 1 aromatic carbocycles. The lowest BCUT2D eigenvalue weighted by Gasteiger charge is -2.16. The van der Waals surface area contributed by atoms with Crippen molar-refractivity contribution in [2.75, 3.05) is 34.4 Å². The predicted molar refractivity (Wildman–Crippen MR) is 91.6 cm³/mol. The molecule has 11 heteroatoms. The highest BCUT2D eigenvalue weighted by atomic mass is 35.5. The van der Waals surface area contributed by atoms with Crippen LogP contribution < -0.4 is 0 Å². The SMILES string of the molecule is CON(C)S(=O)(=O)c1ccc(Cl)c(C(=O)OCC(=O)N(C)CCC#N)c1. The number of likely N-dealkylation sites (N-methyl/N-ethyl adjacent to an activating group) is 1. The molecular formula is C15H18ClN3O6S. The first-order chi connectivity index (χ1) is 12.1. The number of rotatable bonds is 8. The monoisotopic (exact) mass is 403 g/mol. The molecule has 0 aromatic heterocycles. The molecule has 0 N–H and O–H groups in total. The van der Waals surface area contributed by atoms with E-state index >= 15 is 0 Å². The molecule has 0 spiro atoms. The highest BCUT2D eigenvalue weighted by Crippen LogP contribution is 2.23. The molecule has 142 valence electrons. The molecule has 1 aromatic rings. The minimum absolute atomic E-state index is 0.0284. The molecule has 0 unspecified atom stereocenters. The Balaban J connectivity index is 2.92. The third-order valence-electron chi connectivity index (χ3n) is 3.36. The average Bonchev–Trinajstić information content (AvgIpc) is 2.62. The molecule has 0 saturated carbocycles. The first kappa shape index (κ1) is 21.9. The molecule has 0 saturated heterocycles. The molecule has 1 amide bonds. The van der Waals surface area contributed by atoms with Crippen molar-refractivity contribution in [2.24, 2.45) is 0 Å². The summed E-state index contributed by atoms with van der Waals surface area (Å²) in [5.41, 5.74) is -0.204. The van der Waals surface area contributed by atoms with E-state index in [2.05, 4.69) is 4.84 Å². The number of carbonyl (C=O) groups is 2. The molecule has 1 rings (SSSR count). The number of nitrogens with zero attached hydrogens (tertiary/aromatic N) is 3. The van der Waals surface area contributed by atoms with Crippen molar-refractivity contribution in [3.63, 3.8) is 0 Å². The molecule has 0 atom stereocenters. The normalized spacial score (nSPS) is 11.1. The van der Waals surface area contributed by atoms with Crippen LogP contribution in [0.3, 0.4) is 0 Å². The zero-order chi connectivity index (χ0) is 19.9. The van der Waals surface area contributed by atoms with E-state index in [0.717, 1.165) is 6.07 Å². The second kappa shape index (κ2) is 9.49. The highest BCUT2D eigenvalue weighted by molar-refractivity contribution is 7.89. The fraction of sp³-hybridized carbons (Fsp3) is 0.400. The summed E-state index contributed by atoms with van der Waals surface area (Å²) in [5.74, 6) is -1.46. The maximum Gasteiger partial charge on any atom is 0.340 e. The Morgan fingerprint density at radius 2 is 1.96 bits per heavy atom. The summed E-state index contributed by atoms with van der Waals surface area (Å²) in [7, 11) is -0.142. The van der Waals surface area contributed by atoms with Crippen LogP contribution in [-0.4, -0.2) is 64.0 Å². The van der Waals surface area contributed by atoms with Gasteiger partial charge in [-0.1, -0.05) is 16.1 Å². The minimum Gasteiger partial charge on any atom is -0.452 e. The smallest absolute Gasteiger partial charge is 0.340 e. The average molecular weight is 404 g/mol. The highest BCUT2D eigenvalue weighted by Gasteiger charge is 2.24. The Morgan fingerprint density at radius 1 is 1.31 bits per heavy atom. The van der Waals surface area contributed by atoms with Crippen molar-refractivity contribution in [3.05, 3.63) is 28.8 Å². The van der Waals surface area contributed by atoms with Crippen molar-refractivity contribution in [2.45, 2.75) is 11.3 Å². The van der Waals surface area contributed by atoms with Gasteiger partial charge in [0, 0.05) is 20.6 Å². The molecule has 0 aliphatic carbocycles. The molecule has 0 aliphatic heterocycles. The summed E-state index contributed by atoms with van der Waals surface area (Å²) in [6, 6.07) is 5.38. The molecule has 0 heterocycles. The number of hydroxylamine groups is 1. The fourth-order valence-electron chi connectivity index (χ4n) is 1.73. The van der Waals surface area contributed by atoms with Crippen LogP contribution in [0.15, 0.2) is 23.1 Å². The number of esters is 1. The largest absolute Gasteiger partial charge is 0.452 e. The molecule has 0 radical (unpaired) electrons. The van der Waals surface area contributed by atoms with Crippen LogP contribution in [0.1, 0.15) is 16.8 Å². The first-order valence-corrected chi connectivity index (χ1v) is 9.07. The summed E-state index contributed by atoms with van der Waals surface area (Å²) in [5, 5.41) is 8.46. The van der Waals surface area contributed by atoms with Gasteiger partial charge in [0.1, 0.15) is 0 Å². The second-order valence-electron chi connectivity index (χ2n) is 5.04. The van der Waals surface area contributed by atoms with Crippen molar-refractivity contribution in [1.82, 2.24) is 9.37 Å². The van der Waals surface area contributed by atoms with Gasteiger partial charge in [0.05, 0.1) is 35.1 Å². The van der Waals surface area contributed by atoms with Gasteiger partial charge in [-0.25, -0.2) is 13.2 Å². The summed E-state index contributed by atoms with van der Waals surface area (Å²) < 4.78 is 30.0. The molecule has 0 aliphatic rings. The van der Waals surface area contributed by atoms with E-state index in [1.807, 2.05) is 6.07 Å². The standard InChI is InChI=1S/C15H18ClN3O6S/c1-18(8-4-7-17)14(20)10-25-15(21)12-9-11(5-6-13(12)16)26(22,23)19(2)24-3/h5-6,9H,4,8,10H2,1-3H3. The van der Waals surface area contributed by atoms with Gasteiger partial charge >= 0.3 is 5.97 Å². The third kappa shape index (κ3) is 5.40. The van der Waals surface area contributed by atoms with Gasteiger partial charge in [-0.05, 0) is 18.2 Å². The number of ether oxygens (including phenoxy) is 1. The molecular weight excluding hydrogens is 386 g/mol. The second-order valence-corrected chi connectivity index (χ2v) is 7.38.